The minimum atomic E-state index is -0.0118. The summed E-state index contributed by atoms with van der Waals surface area (Å²) in [5.41, 5.74) is 8.17. The second-order valence-corrected chi connectivity index (χ2v) is 4.78. The van der Waals surface area contributed by atoms with E-state index in [1.807, 2.05) is 43.3 Å². The molecule has 3 nitrogen and oxygen atoms in total. The van der Waals surface area contributed by atoms with Gasteiger partial charge in [0.05, 0.1) is 13.7 Å². The number of benzene rings is 2. The first-order valence-electron chi connectivity index (χ1n) is 6.81. The van der Waals surface area contributed by atoms with Gasteiger partial charge in [0.1, 0.15) is 0 Å². The van der Waals surface area contributed by atoms with Gasteiger partial charge in [-0.1, -0.05) is 36.4 Å². The van der Waals surface area contributed by atoms with Gasteiger partial charge in [-0.05, 0) is 30.2 Å². The van der Waals surface area contributed by atoms with Crippen LogP contribution in [-0.2, 0) is 6.42 Å². The topological polar surface area (TPSA) is 44.5 Å². The van der Waals surface area contributed by atoms with Crippen molar-refractivity contribution in [3.8, 4) is 11.5 Å². The molecule has 0 aliphatic heterocycles. The van der Waals surface area contributed by atoms with E-state index in [4.69, 9.17) is 15.2 Å². The van der Waals surface area contributed by atoms with Crippen LogP contribution in [0.1, 0.15) is 24.1 Å². The Morgan fingerprint density at radius 3 is 2.45 bits per heavy atom. The summed E-state index contributed by atoms with van der Waals surface area (Å²) in [6.45, 7) is 2.57. The predicted molar refractivity (Wildman–Crippen MR) is 81.2 cm³/mol. The molecule has 2 N–H and O–H groups in total. The van der Waals surface area contributed by atoms with Crippen LogP contribution in [0, 0.1) is 0 Å². The van der Waals surface area contributed by atoms with E-state index >= 15 is 0 Å². The number of ether oxygens (including phenoxy) is 2. The Kier molecular flexibility index (Phi) is 5.02. The van der Waals surface area contributed by atoms with E-state index < -0.39 is 0 Å². The molecule has 0 aromatic heterocycles. The Hall–Kier alpha value is -2.00. The highest BCUT2D eigenvalue weighted by molar-refractivity contribution is 5.43. The van der Waals surface area contributed by atoms with E-state index in [9.17, 15) is 0 Å². The summed E-state index contributed by atoms with van der Waals surface area (Å²) in [5, 5.41) is 0. The summed E-state index contributed by atoms with van der Waals surface area (Å²) in [7, 11) is 1.64. The third kappa shape index (κ3) is 3.75. The number of rotatable bonds is 6. The zero-order chi connectivity index (χ0) is 14.4. The van der Waals surface area contributed by atoms with Gasteiger partial charge in [0, 0.05) is 12.5 Å². The van der Waals surface area contributed by atoms with Crippen LogP contribution < -0.4 is 15.2 Å². The largest absolute Gasteiger partial charge is 0.493 e. The van der Waals surface area contributed by atoms with Crippen molar-refractivity contribution in [2.24, 2.45) is 5.73 Å². The van der Waals surface area contributed by atoms with Crippen molar-refractivity contribution < 1.29 is 9.47 Å². The Bertz CT molecular complexity index is 538. The van der Waals surface area contributed by atoms with Gasteiger partial charge in [0.15, 0.2) is 11.5 Å². The average Bonchev–Trinajstić information content (AvgIpc) is 2.48. The van der Waals surface area contributed by atoms with Crippen LogP contribution >= 0.6 is 0 Å². The van der Waals surface area contributed by atoms with Crippen molar-refractivity contribution in [2.75, 3.05) is 13.7 Å². The summed E-state index contributed by atoms with van der Waals surface area (Å²) in [6.07, 6.45) is 0.874. The van der Waals surface area contributed by atoms with Gasteiger partial charge in [-0.3, -0.25) is 0 Å². The first-order chi connectivity index (χ1) is 9.70. The summed E-state index contributed by atoms with van der Waals surface area (Å²) in [5.74, 6) is 1.49. The molecule has 0 aliphatic rings. The summed E-state index contributed by atoms with van der Waals surface area (Å²) in [6, 6.07) is 16.1. The molecule has 0 fully saturated rings. The summed E-state index contributed by atoms with van der Waals surface area (Å²) < 4.78 is 11.2. The minimum absolute atomic E-state index is 0.0118. The first kappa shape index (κ1) is 14.4. The molecule has 0 heterocycles. The van der Waals surface area contributed by atoms with Gasteiger partial charge in [-0.2, -0.15) is 0 Å². The van der Waals surface area contributed by atoms with E-state index in [1.54, 1.807) is 7.11 Å². The SMILES string of the molecule is COc1cc(C(C)N)ccc1OCCc1ccccc1. The van der Waals surface area contributed by atoms with E-state index in [2.05, 4.69) is 12.1 Å². The molecule has 0 amide bonds. The monoisotopic (exact) mass is 271 g/mol. The zero-order valence-corrected chi connectivity index (χ0v) is 12.0. The zero-order valence-electron chi connectivity index (χ0n) is 12.0. The molecule has 0 saturated heterocycles. The van der Waals surface area contributed by atoms with Crippen molar-refractivity contribution in [3.63, 3.8) is 0 Å². The standard InChI is InChI=1S/C17H21NO2/c1-13(18)15-8-9-16(17(12-15)19-2)20-11-10-14-6-4-3-5-7-14/h3-9,12-13H,10-11,18H2,1-2H3. The van der Waals surface area contributed by atoms with E-state index in [1.165, 1.54) is 5.56 Å². The minimum Gasteiger partial charge on any atom is -0.493 e. The number of nitrogens with two attached hydrogens (primary N) is 1. The molecule has 0 spiro atoms. The molecular weight excluding hydrogens is 250 g/mol. The summed E-state index contributed by atoms with van der Waals surface area (Å²) >= 11 is 0. The highest BCUT2D eigenvalue weighted by Gasteiger charge is 2.08. The molecule has 0 bridgehead atoms. The third-order valence-electron chi connectivity index (χ3n) is 3.20. The van der Waals surface area contributed by atoms with Crippen molar-refractivity contribution in [1.82, 2.24) is 0 Å². The number of hydrogen-bond acceptors (Lipinski definition) is 3. The van der Waals surface area contributed by atoms with Gasteiger partial charge >= 0.3 is 0 Å². The maximum atomic E-state index is 5.87. The fourth-order valence-corrected chi connectivity index (χ4v) is 2.01. The van der Waals surface area contributed by atoms with Crippen LogP contribution in [0.25, 0.3) is 0 Å². The molecule has 0 aliphatic carbocycles. The molecule has 1 unspecified atom stereocenters. The molecule has 20 heavy (non-hydrogen) atoms. The lowest BCUT2D eigenvalue weighted by Gasteiger charge is -2.13. The maximum Gasteiger partial charge on any atom is 0.161 e. The molecule has 0 radical (unpaired) electrons. The fourth-order valence-electron chi connectivity index (χ4n) is 2.01. The van der Waals surface area contributed by atoms with Gasteiger partial charge < -0.3 is 15.2 Å². The molecule has 2 aromatic carbocycles. The molecule has 2 aromatic rings. The highest BCUT2D eigenvalue weighted by Crippen LogP contribution is 2.29. The normalized spacial score (nSPS) is 11.9. The lowest BCUT2D eigenvalue weighted by molar-refractivity contribution is 0.297. The van der Waals surface area contributed by atoms with Crippen LogP contribution in [-0.4, -0.2) is 13.7 Å². The molecule has 106 valence electrons. The van der Waals surface area contributed by atoms with E-state index in [-0.39, 0.29) is 6.04 Å². The van der Waals surface area contributed by atoms with E-state index in [0.717, 1.165) is 23.5 Å². The second kappa shape index (κ2) is 6.96. The van der Waals surface area contributed by atoms with Crippen molar-refractivity contribution >= 4 is 0 Å². The lowest BCUT2D eigenvalue weighted by Crippen LogP contribution is -2.06. The first-order valence-corrected chi connectivity index (χ1v) is 6.81. The fraction of sp³-hybridized carbons (Fsp3) is 0.294. The Balaban J connectivity index is 1.99. The Labute approximate surface area is 120 Å². The quantitative estimate of drug-likeness (QED) is 0.876. The smallest absolute Gasteiger partial charge is 0.161 e. The molecule has 1 atom stereocenters. The Morgan fingerprint density at radius 1 is 1.05 bits per heavy atom. The van der Waals surface area contributed by atoms with Crippen LogP contribution in [0.2, 0.25) is 0 Å². The van der Waals surface area contributed by atoms with Crippen LogP contribution in [0.15, 0.2) is 48.5 Å². The highest BCUT2D eigenvalue weighted by atomic mass is 16.5. The van der Waals surface area contributed by atoms with Crippen molar-refractivity contribution in [3.05, 3.63) is 59.7 Å². The molecule has 3 heteroatoms. The number of hydrogen-bond donors (Lipinski definition) is 1. The maximum absolute atomic E-state index is 5.87. The summed E-state index contributed by atoms with van der Waals surface area (Å²) in [4.78, 5) is 0. The van der Waals surface area contributed by atoms with Crippen LogP contribution in [0.3, 0.4) is 0 Å². The molecule has 2 rings (SSSR count). The van der Waals surface area contributed by atoms with E-state index in [0.29, 0.717) is 6.61 Å². The van der Waals surface area contributed by atoms with Crippen molar-refractivity contribution in [1.29, 1.82) is 0 Å². The Morgan fingerprint density at radius 2 is 1.80 bits per heavy atom. The van der Waals surface area contributed by atoms with Crippen LogP contribution in [0.4, 0.5) is 0 Å². The van der Waals surface area contributed by atoms with Crippen LogP contribution in [0.5, 0.6) is 11.5 Å². The van der Waals surface area contributed by atoms with Gasteiger partial charge in [-0.15, -0.1) is 0 Å². The number of methoxy groups -OCH3 is 1. The predicted octanol–water partition coefficient (Wildman–Crippen LogP) is 3.34. The van der Waals surface area contributed by atoms with Gasteiger partial charge in [0.25, 0.3) is 0 Å². The lowest BCUT2D eigenvalue weighted by atomic mass is 10.1. The average molecular weight is 271 g/mol. The van der Waals surface area contributed by atoms with Gasteiger partial charge in [-0.25, -0.2) is 0 Å². The third-order valence-corrected chi connectivity index (χ3v) is 3.20. The molecular formula is C17H21NO2. The molecule has 0 saturated carbocycles. The van der Waals surface area contributed by atoms with Gasteiger partial charge in [0.2, 0.25) is 0 Å². The van der Waals surface area contributed by atoms with Crippen molar-refractivity contribution in [2.45, 2.75) is 19.4 Å². The second-order valence-electron chi connectivity index (χ2n) is 4.78.